The summed E-state index contributed by atoms with van der Waals surface area (Å²) >= 11 is 0. The molecule has 0 amide bonds. The highest BCUT2D eigenvalue weighted by molar-refractivity contribution is 5.97. The van der Waals surface area contributed by atoms with E-state index in [1.54, 1.807) is 24.7 Å². The van der Waals surface area contributed by atoms with Crippen molar-refractivity contribution < 1.29 is 17.9 Å². The SMILES string of the molecule is Cl.Cl.Cn1cncc1CN(Cc1ccc(OC(F)(F)F)cc1)Cc1ccc(C#N)c(-c2cccc3ccccc23)c1. The first-order valence-corrected chi connectivity index (χ1v) is 12.3. The van der Waals surface area contributed by atoms with Gasteiger partial charge in [-0.05, 0) is 51.7 Å². The van der Waals surface area contributed by atoms with Gasteiger partial charge in [-0.15, -0.1) is 38.0 Å². The topological polar surface area (TPSA) is 54.1 Å². The van der Waals surface area contributed by atoms with Crippen molar-refractivity contribution in [2.24, 2.45) is 7.05 Å². The predicted octanol–water partition coefficient (Wildman–Crippen LogP) is 8.06. The highest BCUT2D eigenvalue weighted by Gasteiger charge is 2.31. The fraction of sp³-hybridized carbons (Fsp3) is 0.161. The maximum atomic E-state index is 12.6. The van der Waals surface area contributed by atoms with Gasteiger partial charge in [0.25, 0.3) is 0 Å². The molecule has 0 bridgehead atoms. The Labute approximate surface area is 248 Å². The molecule has 0 atom stereocenters. The van der Waals surface area contributed by atoms with Gasteiger partial charge in [-0.2, -0.15) is 5.26 Å². The summed E-state index contributed by atoms with van der Waals surface area (Å²) in [5.74, 6) is -0.253. The van der Waals surface area contributed by atoms with E-state index in [0.29, 0.717) is 25.2 Å². The van der Waals surface area contributed by atoms with Crippen LogP contribution in [0.15, 0.2) is 97.5 Å². The Kier molecular flexibility index (Phi) is 10.4. The van der Waals surface area contributed by atoms with E-state index in [9.17, 15) is 18.4 Å². The molecule has 5 rings (SSSR count). The van der Waals surface area contributed by atoms with Crippen molar-refractivity contribution in [2.45, 2.75) is 26.0 Å². The summed E-state index contributed by atoms with van der Waals surface area (Å²) in [5.41, 5.74) is 5.29. The largest absolute Gasteiger partial charge is 0.573 e. The second-order valence-corrected chi connectivity index (χ2v) is 9.35. The smallest absolute Gasteiger partial charge is 0.406 e. The first-order chi connectivity index (χ1) is 18.8. The lowest BCUT2D eigenvalue weighted by molar-refractivity contribution is -0.274. The van der Waals surface area contributed by atoms with Gasteiger partial charge in [0.1, 0.15) is 5.75 Å². The number of nitriles is 1. The fourth-order valence-corrected chi connectivity index (χ4v) is 4.72. The molecule has 10 heteroatoms. The van der Waals surface area contributed by atoms with Crippen LogP contribution in [0, 0.1) is 11.3 Å². The molecule has 41 heavy (non-hydrogen) atoms. The minimum Gasteiger partial charge on any atom is -0.406 e. The summed E-state index contributed by atoms with van der Waals surface area (Å²) in [4.78, 5) is 6.40. The Balaban J connectivity index is 0.00000231. The van der Waals surface area contributed by atoms with Crippen LogP contribution in [0.3, 0.4) is 0 Å². The molecular formula is C31H27Cl2F3N4O. The molecule has 0 unspecified atom stereocenters. The monoisotopic (exact) mass is 598 g/mol. The number of hydrogen-bond acceptors (Lipinski definition) is 4. The van der Waals surface area contributed by atoms with E-state index < -0.39 is 6.36 Å². The zero-order chi connectivity index (χ0) is 27.4. The highest BCUT2D eigenvalue weighted by Crippen LogP contribution is 2.32. The number of imidazole rings is 1. The second kappa shape index (κ2) is 13.6. The van der Waals surface area contributed by atoms with Crippen molar-refractivity contribution >= 4 is 35.6 Å². The number of halogens is 5. The van der Waals surface area contributed by atoms with E-state index in [4.69, 9.17) is 0 Å². The van der Waals surface area contributed by atoms with Crippen molar-refractivity contribution in [3.63, 3.8) is 0 Å². The van der Waals surface area contributed by atoms with Crippen LogP contribution in [-0.2, 0) is 26.7 Å². The summed E-state index contributed by atoms with van der Waals surface area (Å²) in [6.07, 6.45) is -1.20. The molecule has 0 aliphatic heterocycles. The molecular weight excluding hydrogens is 572 g/mol. The maximum absolute atomic E-state index is 12.6. The molecule has 4 aromatic carbocycles. The quantitative estimate of drug-likeness (QED) is 0.181. The Hall–Kier alpha value is -4.03. The Bertz CT molecular complexity index is 1640. The van der Waals surface area contributed by atoms with E-state index in [1.807, 2.05) is 48.0 Å². The van der Waals surface area contributed by atoms with Crippen LogP contribution in [0.2, 0.25) is 0 Å². The van der Waals surface area contributed by atoms with E-state index in [2.05, 4.69) is 45.0 Å². The van der Waals surface area contributed by atoms with Crippen molar-refractivity contribution in [1.82, 2.24) is 14.5 Å². The summed E-state index contributed by atoms with van der Waals surface area (Å²) in [5, 5.41) is 12.0. The lowest BCUT2D eigenvalue weighted by atomic mass is 9.93. The lowest BCUT2D eigenvalue weighted by Crippen LogP contribution is -2.23. The third-order valence-electron chi connectivity index (χ3n) is 6.56. The van der Waals surface area contributed by atoms with Crippen molar-refractivity contribution in [2.75, 3.05) is 0 Å². The number of nitrogens with zero attached hydrogens (tertiary/aromatic N) is 4. The molecule has 0 aliphatic rings. The van der Waals surface area contributed by atoms with Gasteiger partial charge in [0.2, 0.25) is 0 Å². The molecule has 1 heterocycles. The maximum Gasteiger partial charge on any atom is 0.573 e. The van der Waals surface area contributed by atoms with Crippen molar-refractivity contribution in [1.29, 1.82) is 5.26 Å². The predicted molar refractivity (Wildman–Crippen MR) is 158 cm³/mol. The molecule has 212 valence electrons. The molecule has 0 spiro atoms. The number of rotatable bonds is 8. The Morgan fingerprint density at radius 2 is 1.54 bits per heavy atom. The third-order valence-corrected chi connectivity index (χ3v) is 6.56. The van der Waals surface area contributed by atoms with Crippen LogP contribution in [0.1, 0.15) is 22.4 Å². The molecule has 0 saturated heterocycles. The fourth-order valence-electron chi connectivity index (χ4n) is 4.72. The minimum atomic E-state index is -4.73. The van der Waals surface area contributed by atoms with Crippen molar-refractivity contribution in [3.8, 4) is 22.9 Å². The Morgan fingerprint density at radius 1 is 0.854 bits per heavy atom. The van der Waals surface area contributed by atoms with E-state index in [1.165, 1.54) is 12.1 Å². The molecule has 0 N–H and O–H groups in total. The van der Waals surface area contributed by atoms with Crippen LogP contribution in [0.25, 0.3) is 21.9 Å². The normalized spacial score (nSPS) is 11.0. The molecule has 0 fully saturated rings. The highest BCUT2D eigenvalue weighted by atomic mass is 35.5. The molecule has 1 aromatic heterocycles. The molecule has 0 radical (unpaired) electrons. The average Bonchev–Trinajstić information content (AvgIpc) is 3.32. The summed E-state index contributed by atoms with van der Waals surface area (Å²) < 4.78 is 43.7. The summed E-state index contributed by atoms with van der Waals surface area (Å²) in [7, 11) is 1.92. The van der Waals surface area contributed by atoms with Gasteiger partial charge in [0.15, 0.2) is 0 Å². The first-order valence-electron chi connectivity index (χ1n) is 12.3. The van der Waals surface area contributed by atoms with E-state index >= 15 is 0 Å². The zero-order valence-corrected chi connectivity index (χ0v) is 23.6. The van der Waals surface area contributed by atoms with Gasteiger partial charge in [0, 0.05) is 38.4 Å². The number of benzene rings is 4. The molecule has 5 aromatic rings. The number of alkyl halides is 3. The van der Waals surface area contributed by atoms with E-state index in [0.717, 1.165) is 38.7 Å². The summed E-state index contributed by atoms with van der Waals surface area (Å²) in [6.45, 7) is 1.61. The van der Waals surface area contributed by atoms with Gasteiger partial charge >= 0.3 is 6.36 Å². The number of ether oxygens (including phenoxy) is 1. The van der Waals surface area contributed by atoms with Gasteiger partial charge in [-0.25, -0.2) is 4.98 Å². The van der Waals surface area contributed by atoms with Crippen LogP contribution >= 0.6 is 24.8 Å². The summed E-state index contributed by atoms with van der Waals surface area (Å²) in [6, 6.07) is 28.3. The van der Waals surface area contributed by atoms with E-state index in [-0.39, 0.29) is 30.6 Å². The van der Waals surface area contributed by atoms with Crippen molar-refractivity contribution in [3.05, 3.63) is 120 Å². The Morgan fingerprint density at radius 3 is 2.22 bits per heavy atom. The number of hydrogen-bond donors (Lipinski definition) is 0. The standard InChI is InChI=1S/C31H25F3N4O.2ClH/c1-37-21-36-17-26(37)20-38(18-22-10-13-27(14-11-22)39-31(32,33)34)19-23-9-12-25(16-35)30(15-23)29-8-4-6-24-5-2-3-7-28(24)29;;/h2-15,17,21H,18-20H2,1H3;2*1H. The van der Waals surface area contributed by atoms with Crippen LogP contribution in [0.4, 0.5) is 13.2 Å². The zero-order valence-electron chi connectivity index (χ0n) is 22.0. The van der Waals surface area contributed by atoms with Gasteiger partial charge < -0.3 is 9.30 Å². The van der Waals surface area contributed by atoms with Crippen LogP contribution in [-0.4, -0.2) is 20.8 Å². The molecule has 0 aliphatic carbocycles. The minimum absolute atomic E-state index is 0. The third kappa shape index (κ3) is 7.80. The lowest BCUT2D eigenvalue weighted by Gasteiger charge is -2.23. The van der Waals surface area contributed by atoms with Gasteiger partial charge in [-0.3, -0.25) is 4.90 Å². The molecule has 0 saturated carbocycles. The average molecular weight is 599 g/mol. The van der Waals surface area contributed by atoms with Crippen LogP contribution < -0.4 is 4.74 Å². The van der Waals surface area contributed by atoms with Gasteiger partial charge in [-0.1, -0.05) is 60.7 Å². The second-order valence-electron chi connectivity index (χ2n) is 9.35. The van der Waals surface area contributed by atoms with Crippen LogP contribution in [0.5, 0.6) is 5.75 Å². The first kappa shape index (κ1) is 31.5. The number of aromatic nitrogens is 2. The molecule has 5 nitrogen and oxygen atoms in total. The van der Waals surface area contributed by atoms with Gasteiger partial charge in [0.05, 0.1) is 23.7 Å². The number of aryl methyl sites for hydroxylation is 1. The number of fused-ring (bicyclic) bond motifs is 1.